The van der Waals surface area contributed by atoms with Crippen molar-refractivity contribution in [3.8, 4) is 0 Å². The van der Waals surface area contributed by atoms with E-state index in [2.05, 4.69) is 5.32 Å². The highest BCUT2D eigenvalue weighted by atomic mass is 35.5. The number of carbonyl (C=O) groups is 2. The largest absolute Gasteiger partial charge is 0.345 e. The van der Waals surface area contributed by atoms with Crippen LogP contribution in [0.4, 0.5) is 14.5 Å². The van der Waals surface area contributed by atoms with Crippen molar-refractivity contribution in [3.63, 3.8) is 0 Å². The van der Waals surface area contributed by atoms with Crippen LogP contribution in [-0.4, -0.2) is 18.4 Å². The topological polar surface area (TPSA) is 49.4 Å². The minimum Gasteiger partial charge on any atom is -0.345 e. The van der Waals surface area contributed by atoms with E-state index in [4.69, 9.17) is 23.2 Å². The van der Waals surface area contributed by atoms with Gasteiger partial charge in [-0.15, -0.1) is 0 Å². The van der Waals surface area contributed by atoms with Crippen molar-refractivity contribution in [2.24, 2.45) is 0 Å². The van der Waals surface area contributed by atoms with Gasteiger partial charge < -0.3 is 10.2 Å². The van der Waals surface area contributed by atoms with Crippen molar-refractivity contribution in [1.82, 2.24) is 5.32 Å². The van der Waals surface area contributed by atoms with Gasteiger partial charge in [-0.1, -0.05) is 47.5 Å². The summed E-state index contributed by atoms with van der Waals surface area (Å²) in [6.45, 7) is 1.58. The summed E-state index contributed by atoms with van der Waals surface area (Å²) in [6.07, 6.45) is -0.504. The lowest BCUT2D eigenvalue weighted by atomic mass is 9.93. The molecule has 0 spiro atoms. The molecule has 3 aromatic rings. The minimum atomic E-state index is -3.11. The molecular formula is C25H20Cl2F2N2O2. The molecule has 0 aromatic heterocycles. The SMILES string of the molecule is CC(NC(=O)c1ccccc1Cl)c1ccc2c(c1)C(F)(F)CCN2C(=O)c1cccc(Cl)c1. The fourth-order valence-electron chi connectivity index (χ4n) is 3.85. The van der Waals surface area contributed by atoms with Crippen LogP contribution in [0, 0.1) is 0 Å². The summed E-state index contributed by atoms with van der Waals surface area (Å²) in [5, 5.41) is 3.48. The molecule has 33 heavy (non-hydrogen) atoms. The maximum absolute atomic E-state index is 14.9. The van der Waals surface area contributed by atoms with Gasteiger partial charge in [-0.25, -0.2) is 8.78 Å². The summed E-state index contributed by atoms with van der Waals surface area (Å²) in [5.41, 5.74) is 1.01. The zero-order valence-corrected chi connectivity index (χ0v) is 19.1. The Hall–Kier alpha value is -2.96. The van der Waals surface area contributed by atoms with Gasteiger partial charge in [0.2, 0.25) is 0 Å². The quantitative estimate of drug-likeness (QED) is 0.448. The molecule has 0 saturated heterocycles. The molecule has 1 atom stereocenters. The summed E-state index contributed by atoms with van der Waals surface area (Å²) >= 11 is 12.1. The second kappa shape index (κ2) is 9.12. The Morgan fingerprint density at radius 3 is 2.52 bits per heavy atom. The van der Waals surface area contributed by atoms with Gasteiger partial charge >= 0.3 is 0 Å². The molecular weight excluding hydrogens is 469 g/mol. The van der Waals surface area contributed by atoms with Gasteiger partial charge in [0.05, 0.1) is 22.3 Å². The summed E-state index contributed by atoms with van der Waals surface area (Å²) in [4.78, 5) is 27.0. The first-order valence-corrected chi connectivity index (χ1v) is 11.1. The van der Waals surface area contributed by atoms with Gasteiger partial charge in [0.15, 0.2) is 0 Å². The summed E-state index contributed by atoms with van der Waals surface area (Å²) in [5.74, 6) is -3.92. The Bertz CT molecular complexity index is 1230. The van der Waals surface area contributed by atoms with Crippen molar-refractivity contribution >= 4 is 40.7 Å². The van der Waals surface area contributed by atoms with E-state index in [-0.39, 0.29) is 17.8 Å². The van der Waals surface area contributed by atoms with E-state index < -0.39 is 30.2 Å². The molecule has 2 amide bonds. The van der Waals surface area contributed by atoms with Crippen molar-refractivity contribution < 1.29 is 18.4 Å². The normalized spacial score (nSPS) is 15.5. The van der Waals surface area contributed by atoms with Crippen LogP contribution in [-0.2, 0) is 5.92 Å². The molecule has 0 saturated carbocycles. The van der Waals surface area contributed by atoms with Gasteiger partial charge in [-0.3, -0.25) is 9.59 Å². The first kappa shape index (κ1) is 23.2. The van der Waals surface area contributed by atoms with E-state index in [9.17, 15) is 18.4 Å². The van der Waals surface area contributed by atoms with Crippen LogP contribution in [0.15, 0.2) is 66.7 Å². The minimum absolute atomic E-state index is 0.122. The lowest BCUT2D eigenvalue weighted by Gasteiger charge is -2.35. The van der Waals surface area contributed by atoms with Crippen LogP contribution in [0.5, 0.6) is 0 Å². The molecule has 0 aliphatic carbocycles. The Kier molecular flexibility index (Phi) is 6.41. The molecule has 3 aromatic carbocycles. The predicted molar refractivity (Wildman–Crippen MR) is 125 cm³/mol. The number of amides is 2. The molecule has 8 heteroatoms. The molecule has 0 radical (unpaired) electrons. The van der Waals surface area contributed by atoms with Crippen molar-refractivity contribution in [2.45, 2.75) is 25.3 Å². The fourth-order valence-corrected chi connectivity index (χ4v) is 4.26. The van der Waals surface area contributed by atoms with E-state index in [1.807, 2.05) is 0 Å². The molecule has 1 aliphatic rings. The van der Waals surface area contributed by atoms with Crippen LogP contribution < -0.4 is 10.2 Å². The first-order valence-electron chi connectivity index (χ1n) is 10.3. The Labute approximate surface area is 200 Å². The van der Waals surface area contributed by atoms with Crippen LogP contribution in [0.25, 0.3) is 0 Å². The lowest BCUT2D eigenvalue weighted by molar-refractivity contribution is -0.0147. The predicted octanol–water partition coefficient (Wildman–Crippen LogP) is 6.63. The van der Waals surface area contributed by atoms with E-state index >= 15 is 0 Å². The zero-order valence-electron chi connectivity index (χ0n) is 17.6. The first-order chi connectivity index (χ1) is 15.7. The summed E-state index contributed by atoms with van der Waals surface area (Å²) < 4.78 is 29.7. The van der Waals surface area contributed by atoms with Gasteiger partial charge in [0.25, 0.3) is 17.7 Å². The molecule has 1 N–H and O–H groups in total. The second-order valence-corrected chi connectivity index (χ2v) is 8.72. The number of nitrogens with one attached hydrogen (secondary N) is 1. The molecule has 4 rings (SSSR count). The third-order valence-corrected chi connectivity index (χ3v) is 6.20. The number of anilines is 1. The lowest BCUT2D eigenvalue weighted by Crippen LogP contribution is -2.40. The molecule has 0 fully saturated rings. The van der Waals surface area contributed by atoms with E-state index in [0.717, 1.165) is 0 Å². The maximum atomic E-state index is 14.9. The average molecular weight is 489 g/mol. The Morgan fingerprint density at radius 1 is 1.03 bits per heavy atom. The van der Waals surface area contributed by atoms with Gasteiger partial charge in [0.1, 0.15) is 0 Å². The number of halogens is 4. The number of hydrogen-bond donors (Lipinski definition) is 1. The van der Waals surface area contributed by atoms with Gasteiger partial charge in [-0.05, 0) is 55.0 Å². The highest BCUT2D eigenvalue weighted by Gasteiger charge is 2.41. The third-order valence-electron chi connectivity index (χ3n) is 5.64. The highest BCUT2D eigenvalue weighted by Crippen LogP contribution is 2.44. The van der Waals surface area contributed by atoms with Crippen molar-refractivity contribution in [1.29, 1.82) is 0 Å². The number of nitrogens with zero attached hydrogens (tertiary/aromatic N) is 1. The standard InChI is InChI=1S/C25H20Cl2F2N2O2/c1-15(30-23(32)19-7-2-3-8-21(19)27)16-9-10-22-20(14-16)25(28,29)11-12-31(22)24(33)17-5-4-6-18(26)13-17/h2-10,13-15H,11-12H2,1H3,(H,30,32). The molecule has 4 nitrogen and oxygen atoms in total. The van der Waals surface area contributed by atoms with E-state index in [1.165, 1.54) is 23.1 Å². The second-order valence-electron chi connectivity index (χ2n) is 7.87. The maximum Gasteiger partial charge on any atom is 0.276 e. The van der Waals surface area contributed by atoms with Crippen LogP contribution >= 0.6 is 23.2 Å². The molecule has 1 unspecified atom stereocenters. The zero-order chi connectivity index (χ0) is 23.8. The van der Waals surface area contributed by atoms with Crippen LogP contribution in [0.1, 0.15) is 51.2 Å². The number of benzene rings is 3. The fraction of sp³-hybridized carbons (Fsp3) is 0.200. The molecule has 1 heterocycles. The van der Waals surface area contributed by atoms with Crippen molar-refractivity contribution in [2.75, 3.05) is 11.4 Å². The molecule has 170 valence electrons. The number of carbonyl (C=O) groups excluding carboxylic acids is 2. The van der Waals surface area contributed by atoms with Gasteiger partial charge in [0, 0.05) is 29.1 Å². The van der Waals surface area contributed by atoms with Crippen LogP contribution in [0.2, 0.25) is 10.0 Å². The van der Waals surface area contributed by atoms with Crippen LogP contribution in [0.3, 0.4) is 0 Å². The average Bonchev–Trinajstić information content (AvgIpc) is 2.79. The Balaban J connectivity index is 1.63. The monoisotopic (exact) mass is 488 g/mol. The molecule has 0 bridgehead atoms. The summed E-state index contributed by atoms with van der Waals surface area (Å²) in [6, 6.07) is 16.9. The molecule has 1 aliphatic heterocycles. The number of rotatable bonds is 4. The Morgan fingerprint density at radius 2 is 1.79 bits per heavy atom. The number of hydrogen-bond acceptors (Lipinski definition) is 2. The van der Waals surface area contributed by atoms with Crippen molar-refractivity contribution in [3.05, 3.63) is 99.0 Å². The summed E-state index contributed by atoms with van der Waals surface area (Å²) in [7, 11) is 0. The highest BCUT2D eigenvalue weighted by molar-refractivity contribution is 6.33. The van der Waals surface area contributed by atoms with E-state index in [0.29, 0.717) is 26.7 Å². The number of alkyl halides is 2. The van der Waals surface area contributed by atoms with Gasteiger partial charge in [-0.2, -0.15) is 0 Å². The smallest absolute Gasteiger partial charge is 0.276 e. The van der Waals surface area contributed by atoms with E-state index in [1.54, 1.807) is 55.5 Å². The third kappa shape index (κ3) is 4.72. The number of fused-ring (bicyclic) bond motifs is 1.